The second kappa shape index (κ2) is 3.30. The summed E-state index contributed by atoms with van der Waals surface area (Å²) in [5.41, 5.74) is 4.38. The number of aromatic nitrogens is 1. The largest absolute Gasteiger partial charge is 0.249 e. The molecule has 0 radical (unpaired) electrons. The zero-order valence-electron chi connectivity index (χ0n) is 6.72. The van der Waals surface area contributed by atoms with Crippen LogP contribution >= 0.6 is 27.3 Å². The normalized spacial score (nSPS) is 16.4. The lowest BCUT2D eigenvalue weighted by atomic mass is 10.2. The SMILES string of the molecule is C=C(CBr)c1scnc1C1CC1. The van der Waals surface area contributed by atoms with Crippen molar-refractivity contribution in [1.29, 1.82) is 0 Å². The van der Waals surface area contributed by atoms with E-state index >= 15 is 0 Å². The van der Waals surface area contributed by atoms with Crippen LogP contribution in [0.25, 0.3) is 5.57 Å². The first kappa shape index (κ1) is 8.45. The highest BCUT2D eigenvalue weighted by molar-refractivity contribution is 9.09. The maximum Gasteiger partial charge on any atom is 0.0801 e. The highest BCUT2D eigenvalue weighted by atomic mass is 79.9. The first-order valence-corrected chi connectivity index (χ1v) is 6.00. The number of allylic oxidation sites excluding steroid dienone is 1. The summed E-state index contributed by atoms with van der Waals surface area (Å²) >= 11 is 5.13. The summed E-state index contributed by atoms with van der Waals surface area (Å²) in [6.07, 6.45) is 2.62. The summed E-state index contributed by atoms with van der Waals surface area (Å²) in [6, 6.07) is 0. The van der Waals surface area contributed by atoms with Crippen LogP contribution in [0.1, 0.15) is 29.3 Å². The van der Waals surface area contributed by atoms with Crippen molar-refractivity contribution in [3.63, 3.8) is 0 Å². The number of alkyl halides is 1. The third-order valence-corrected chi connectivity index (χ3v) is 3.66. The lowest BCUT2D eigenvalue weighted by Gasteiger charge is -1.99. The van der Waals surface area contributed by atoms with E-state index in [1.165, 1.54) is 29.0 Å². The molecule has 0 aromatic carbocycles. The molecule has 3 heteroatoms. The average Bonchev–Trinajstić information content (AvgIpc) is 2.83. The predicted octanol–water partition coefficient (Wildman–Crippen LogP) is 3.43. The summed E-state index contributed by atoms with van der Waals surface area (Å²) in [5, 5.41) is 0.856. The number of rotatable bonds is 3. The van der Waals surface area contributed by atoms with Gasteiger partial charge in [-0.3, -0.25) is 0 Å². The van der Waals surface area contributed by atoms with Gasteiger partial charge in [-0.1, -0.05) is 22.5 Å². The van der Waals surface area contributed by atoms with E-state index in [2.05, 4.69) is 27.5 Å². The maximum absolute atomic E-state index is 4.38. The van der Waals surface area contributed by atoms with Crippen molar-refractivity contribution in [3.8, 4) is 0 Å². The number of halogens is 1. The Balaban J connectivity index is 2.29. The van der Waals surface area contributed by atoms with E-state index in [1.54, 1.807) is 11.3 Å². The van der Waals surface area contributed by atoms with Gasteiger partial charge in [-0.05, 0) is 18.4 Å². The minimum absolute atomic E-state index is 0.738. The van der Waals surface area contributed by atoms with Gasteiger partial charge in [-0.2, -0.15) is 0 Å². The molecule has 0 aliphatic heterocycles. The molecule has 1 heterocycles. The molecule has 64 valence electrons. The van der Waals surface area contributed by atoms with Crippen molar-refractivity contribution < 1.29 is 0 Å². The van der Waals surface area contributed by atoms with Crippen LogP contribution in [0.5, 0.6) is 0 Å². The fourth-order valence-corrected chi connectivity index (χ4v) is 2.54. The second-order valence-electron chi connectivity index (χ2n) is 3.08. The standard InChI is InChI=1S/C9H10BrNS/c1-6(4-10)9-8(7-2-3-7)11-5-12-9/h5,7H,1-4H2. The topological polar surface area (TPSA) is 12.9 Å². The van der Waals surface area contributed by atoms with Gasteiger partial charge in [0.25, 0.3) is 0 Å². The van der Waals surface area contributed by atoms with Crippen molar-refractivity contribution >= 4 is 32.8 Å². The molecule has 1 aromatic rings. The van der Waals surface area contributed by atoms with Crippen LogP contribution in [-0.4, -0.2) is 10.3 Å². The molecule has 0 N–H and O–H groups in total. The Morgan fingerprint density at radius 2 is 2.50 bits per heavy atom. The van der Waals surface area contributed by atoms with Gasteiger partial charge in [0.05, 0.1) is 16.1 Å². The monoisotopic (exact) mass is 243 g/mol. The maximum atomic E-state index is 4.38. The zero-order chi connectivity index (χ0) is 8.55. The molecule has 0 unspecified atom stereocenters. The summed E-state index contributed by atoms with van der Waals surface area (Å²) in [5.74, 6) is 0.738. The highest BCUT2D eigenvalue weighted by Gasteiger charge is 2.28. The molecule has 0 spiro atoms. The lowest BCUT2D eigenvalue weighted by Crippen LogP contribution is -1.87. The minimum Gasteiger partial charge on any atom is -0.249 e. The van der Waals surface area contributed by atoms with E-state index in [-0.39, 0.29) is 0 Å². The van der Waals surface area contributed by atoms with Crippen molar-refractivity contribution in [2.45, 2.75) is 18.8 Å². The lowest BCUT2D eigenvalue weighted by molar-refractivity contribution is 1.04. The Bertz CT molecular complexity index is 301. The summed E-state index contributed by atoms with van der Waals surface area (Å²) in [6.45, 7) is 4.01. The molecular formula is C9H10BrNS. The number of nitrogens with zero attached hydrogens (tertiary/aromatic N) is 1. The predicted molar refractivity (Wildman–Crippen MR) is 56.9 cm³/mol. The van der Waals surface area contributed by atoms with Crippen LogP contribution < -0.4 is 0 Å². The molecule has 2 rings (SSSR count). The molecule has 1 nitrogen and oxygen atoms in total. The summed E-state index contributed by atoms with van der Waals surface area (Å²) in [4.78, 5) is 5.68. The molecule has 0 bridgehead atoms. The Kier molecular flexibility index (Phi) is 2.33. The fraction of sp³-hybridized carbons (Fsp3) is 0.444. The second-order valence-corrected chi connectivity index (χ2v) is 4.49. The van der Waals surface area contributed by atoms with Gasteiger partial charge in [0.1, 0.15) is 0 Å². The molecular weight excluding hydrogens is 234 g/mol. The third kappa shape index (κ3) is 1.48. The molecule has 1 saturated carbocycles. The Morgan fingerprint density at radius 1 is 1.75 bits per heavy atom. The van der Waals surface area contributed by atoms with Gasteiger partial charge in [0.2, 0.25) is 0 Å². The molecule has 1 fully saturated rings. The van der Waals surface area contributed by atoms with Gasteiger partial charge >= 0.3 is 0 Å². The Labute approximate surface area is 84.7 Å². The molecule has 0 amide bonds. The average molecular weight is 244 g/mol. The van der Waals surface area contributed by atoms with E-state index in [0.29, 0.717) is 0 Å². The minimum atomic E-state index is 0.738. The molecule has 12 heavy (non-hydrogen) atoms. The van der Waals surface area contributed by atoms with Crippen molar-refractivity contribution in [1.82, 2.24) is 4.98 Å². The van der Waals surface area contributed by atoms with Crippen molar-refractivity contribution in [3.05, 3.63) is 22.7 Å². The fourth-order valence-electron chi connectivity index (χ4n) is 1.23. The van der Waals surface area contributed by atoms with Crippen molar-refractivity contribution in [2.24, 2.45) is 0 Å². The number of hydrogen-bond acceptors (Lipinski definition) is 2. The quantitative estimate of drug-likeness (QED) is 0.742. The van der Waals surface area contributed by atoms with Crippen LogP contribution in [0, 0.1) is 0 Å². The zero-order valence-corrected chi connectivity index (χ0v) is 9.12. The first-order chi connectivity index (χ1) is 5.83. The van der Waals surface area contributed by atoms with Crippen LogP contribution in [0.4, 0.5) is 0 Å². The van der Waals surface area contributed by atoms with E-state index in [1.807, 2.05) is 5.51 Å². The molecule has 1 aliphatic rings. The van der Waals surface area contributed by atoms with Gasteiger partial charge in [0, 0.05) is 11.2 Å². The van der Waals surface area contributed by atoms with Gasteiger partial charge in [-0.15, -0.1) is 11.3 Å². The number of hydrogen-bond donors (Lipinski definition) is 0. The molecule has 0 saturated heterocycles. The Morgan fingerprint density at radius 3 is 3.08 bits per heavy atom. The van der Waals surface area contributed by atoms with Gasteiger partial charge in [0.15, 0.2) is 0 Å². The van der Waals surface area contributed by atoms with E-state index < -0.39 is 0 Å². The molecule has 0 atom stereocenters. The van der Waals surface area contributed by atoms with E-state index in [0.717, 1.165) is 11.2 Å². The number of thiazole rings is 1. The van der Waals surface area contributed by atoms with Crippen molar-refractivity contribution in [2.75, 3.05) is 5.33 Å². The smallest absolute Gasteiger partial charge is 0.0801 e. The molecule has 1 aliphatic carbocycles. The molecule has 1 aromatic heterocycles. The highest BCUT2D eigenvalue weighted by Crippen LogP contribution is 2.43. The third-order valence-electron chi connectivity index (χ3n) is 2.04. The van der Waals surface area contributed by atoms with E-state index in [9.17, 15) is 0 Å². The Hall–Kier alpha value is -0.150. The summed E-state index contributed by atoms with van der Waals surface area (Å²) in [7, 11) is 0. The van der Waals surface area contributed by atoms with Gasteiger partial charge in [-0.25, -0.2) is 4.98 Å². The van der Waals surface area contributed by atoms with Crippen LogP contribution in [0.15, 0.2) is 12.1 Å². The van der Waals surface area contributed by atoms with Crippen LogP contribution in [0.2, 0.25) is 0 Å². The van der Waals surface area contributed by atoms with E-state index in [4.69, 9.17) is 0 Å². The first-order valence-electron chi connectivity index (χ1n) is 4.00. The summed E-state index contributed by atoms with van der Waals surface area (Å²) < 4.78 is 0. The van der Waals surface area contributed by atoms with Crippen LogP contribution in [-0.2, 0) is 0 Å². The van der Waals surface area contributed by atoms with Crippen LogP contribution in [0.3, 0.4) is 0 Å². The van der Waals surface area contributed by atoms with Gasteiger partial charge < -0.3 is 0 Å².